The van der Waals surface area contributed by atoms with Gasteiger partial charge in [-0.25, -0.2) is 5.43 Å². The van der Waals surface area contributed by atoms with Crippen LogP contribution in [0.4, 0.5) is 0 Å². The number of rotatable bonds is 4. The molecule has 1 N–H and O–H groups in total. The molecule has 2 aliphatic carbocycles. The molecule has 0 spiro atoms. The van der Waals surface area contributed by atoms with Gasteiger partial charge in [0, 0.05) is 17.0 Å². The average molecular weight is 346 g/mol. The topological polar surface area (TPSA) is 75.6 Å². The van der Waals surface area contributed by atoms with E-state index in [1.165, 1.54) is 0 Å². The number of Topliss-reactive ketones (excluding diaryl/α,β-unsaturated/α-hetero) is 2. The van der Waals surface area contributed by atoms with Crippen LogP contribution in [0.2, 0.25) is 0 Å². The molecular weight excluding hydrogens is 328 g/mol. The number of fused-ring (bicyclic) bond motifs is 1. The first kappa shape index (κ1) is 16.4. The fourth-order valence-electron chi connectivity index (χ4n) is 3.57. The third-order valence-electron chi connectivity index (χ3n) is 5.10. The zero-order chi connectivity index (χ0) is 18.3. The first-order valence-electron chi connectivity index (χ1n) is 8.64. The molecule has 0 aliphatic heterocycles. The van der Waals surface area contributed by atoms with Gasteiger partial charge in [0.15, 0.2) is 11.6 Å². The Labute approximate surface area is 151 Å². The zero-order valence-corrected chi connectivity index (χ0v) is 14.3. The minimum absolute atomic E-state index is 0.110. The van der Waals surface area contributed by atoms with Crippen molar-refractivity contribution in [1.82, 2.24) is 5.43 Å². The van der Waals surface area contributed by atoms with E-state index < -0.39 is 5.92 Å². The lowest BCUT2D eigenvalue weighted by atomic mass is 9.99. The van der Waals surface area contributed by atoms with Crippen LogP contribution in [-0.2, 0) is 4.79 Å². The van der Waals surface area contributed by atoms with Crippen LogP contribution in [0, 0.1) is 11.8 Å². The SMILES string of the molecule is CC(=NNC(=O)[C@H]1C[C@H]1c1ccccc1)C1C(=O)c2ccccc2C1=O. The highest BCUT2D eigenvalue weighted by Crippen LogP contribution is 2.47. The first-order valence-corrected chi connectivity index (χ1v) is 8.64. The van der Waals surface area contributed by atoms with Gasteiger partial charge in [-0.15, -0.1) is 0 Å². The molecule has 26 heavy (non-hydrogen) atoms. The number of hydrogen-bond acceptors (Lipinski definition) is 4. The Morgan fingerprint density at radius 1 is 0.962 bits per heavy atom. The lowest BCUT2D eigenvalue weighted by Crippen LogP contribution is -2.28. The maximum Gasteiger partial charge on any atom is 0.243 e. The van der Waals surface area contributed by atoms with Gasteiger partial charge in [-0.3, -0.25) is 14.4 Å². The van der Waals surface area contributed by atoms with E-state index in [9.17, 15) is 14.4 Å². The third-order valence-corrected chi connectivity index (χ3v) is 5.10. The van der Waals surface area contributed by atoms with Gasteiger partial charge in [-0.05, 0) is 24.8 Å². The summed E-state index contributed by atoms with van der Waals surface area (Å²) in [5, 5.41) is 4.05. The number of ketones is 2. The largest absolute Gasteiger partial charge is 0.293 e. The van der Waals surface area contributed by atoms with E-state index in [2.05, 4.69) is 10.5 Å². The van der Waals surface area contributed by atoms with Crippen LogP contribution in [-0.4, -0.2) is 23.2 Å². The normalized spacial score (nSPS) is 22.3. The van der Waals surface area contributed by atoms with E-state index in [0.29, 0.717) is 16.8 Å². The number of nitrogens with one attached hydrogen (secondary N) is 1. The number of hydrogen-bond donors (Lipinski definition) is 1. The van der Waals surface area contributed by atoms with Crippen molar-refractivity contribution in [2.24, 2.45) is 16.9 Å². The monoisotopic (exact) mass is 346 g/mol. The maximum absolute atomic E-state index is 12.5. The van der Waals surface area contributed by atoms with Gasteiger partial charge in [0.05, 0.1) is 5.71 Å². The number of nitrogens with zero attached hydrogens (tertiary/aromatic N) is 1. The zero-order valence-electron chi connectivity index (χ0n) is 14.3. The molecule has 2 aliphatic rings. The van der Waals surface area contributed by atoms with Crippen molar-refractivity contribution in [1.29, 1.82) is 0 Å². The summed E-state index contributed by atoms with van der Waals surface area (Å²) in [5.41, 5.74) is 4.85. The smallest absolute Gasteiger partial charge is 0.243 e. The number of hydrazone groups is 1. The summed E-state index contributed by atoms with van der Waals surface area (Å²) in [6.07, 6.45) is 0.789. The number of carbonyl (C=O) groups excluding carboxylic acids is 3. The number of carbonyl (C=O) groups is 3. The molecule has 1 amide bonds. The molecule has 1 fully saturated rings. The summed E-state index contributed by atoms with van der Waals surface area (Å²) in [6.45, 7) is 1.61. The molecule has 1 saturated carbocycles. The van der Waals surface area contributed by atoms with Crippen molar-refractivity contribution >= 4 is 23.2 Å². The Morgan fingerprint density at radius 2 is 1.54 bits per heavy atom. The van der Waals surface area contributed by atoms with Crippen molar-refractivity contribution < 1.29 is 14.4 Å². The Bertz CT molecular complexity index is 898. The molecule has 130 valence electrons. The van der Waals surface area contributed by atoms with Crippen molar-refractivity contribution in [3.05, 3.63) is 71.3 Å². The van der Waals surface area contributed by atoms with Gasteiger partial charge < -0.3 is 0 Å². The highest BCUT2D eigenvalue weighted by atomic mass is 16.2. The fourth-order valence-corrected chi connectivity index (χ4v) is 3.57. The molecule has 0 saturated heterocycles. The van der Waals surface area contributed by atoms with Crippen molar-refractivity contribution in [3.8, 4) is 0 Å². The first-order chi connectivity index (χ1) is 12.6. The number of benzene rings is 2. The maximum atomic E-state index is 12.5. The van der Waals surface area contributed by atoms with E-state index in [4.69, 9.17) is 0 Å². The summed E-state index contributed by atoms with van der Waals surface area (Å²) in [5.74, 6) is -1.51. The number of amides is 1. The minimum atomic E-state index is -0.933. The van der Waals surface area contributed by atoms with Gasteiger partial charge in [0.25, 0.3) is 0 Å². The van der Waals surface area contributed by atoms with Crippen LogP contribution < -0.4 is 5.43 Å². The quantitative estimate of drug-likeness (QED) is 0.525. The highest BCUT2D eigenvalue weighted by molar-refractivity contribution is 6.36. The van der Waals surface area contributed by atoms with Gasteiger partial charge >= 0.3 is 0 Å². The van der Waals surface area contributed by atoms with E-state index in [1.54, 1.807) is 31.2 Å². The summed E-state index contributed by atoms with van der Waals surface area (Å²) in [7, 11) is 0. The lowest BCUT2D eigenvalue weighted by molar-refractivity contribution is -0.122. The summed E-state index contributed by atoms with van der Waals surface area (Å²) < 4.78 is 0. The molecule has 5 nitrogen and oxygen atoms in total. The van der Waals surface area contributed by atoms with Crippen LogP contribution in [0.5, 0.6) is 0 Å². The van der Waals surface area contributed by atoms with Crippen LogP contribution in [0.25, 0.3) is 0 Å². The predicted molar refractivity (Wildman–Crippen MR) is 97.1 cm³/mol. The molecular formula is C21H18N2O3. The molecule has 0 unspecified atom stereocenters. The molecule has 5 heteroatoms. The van der Waals surface area contributed by atoms with Crippen molar-refractivity contribution in [2.75, 3.05) is 0 Å². The predicted octanol–water partition coefficient (Wildman–Crippen LogP) is 2.98. The average Bonchev–Trinajstić information content (AvgIpc) is 3.43. The summed E-state index contributed by atoms with van der Waals surface area (Å²) in [6, 6.07) is 16.7. The van der Waals surface area contributed by atoms with Gasteiger partial charge in [0.2, 0.25) is 5.91 Å². The molecule has 2 atom stereocenters. The van der Waals surface area contributed by atoms with Crippen LogP contribution in [0.3, 0.4) is 0 Å². The van der Waals surface area contributed by atoms with Crippen molar-refractivity contribution in [3.63, 3.8) is 0 Å². The van der Waals surface area contributed by atoms with Crippen LogP contribution in [0.15, 0.2) is 59.7 Å². The molecule has 0 aromatic heterocycles. The second kappa shape index (κ2) is 6.33. The van der Waals surface area contributed by atoms with Crippen molar-refractivity contribution in [2.45, 2.75) is 19.3 Å². The van der Waals surface area contributed by atoms with Crippen LogP contribution in [0.1, 0.15) is 45.5 Å². The fraction of sp³-hybridized carbons (Fsp3) is 0.238. The Kier molecular flexibility index (Phi) is 3.99. The van der Waals surface area contributed by atoms with Crippen LogP contribution >= 0.6 is 0 Å². The highest BCUT2D eigenvalue weighted by Gasteiger charge is 2.44. The lowest BCUT2D eigenvalue weighted by Gasteiger charge is -2.07. The second-order valence-electron chi connectivity index (χ2n) is 6.80. The van der Waals surface area contributed by atoms with E-state index >= 15 is 0 Å². The molecule has 4 rings (SSSR count). The van der Waals surface area contributed by atoms with E-state index in [-0.39, 0.29) is 29.3 Å². The second-order valence-corrected chi connectivity index (χ2v) is 6.80. The van der Waals surface area contributed by atoms with Gasteiger partial charge in [0.1, 0.15) is 5.92 Å². The van der Waals surface area contributed by atoms with E-state index in [0.717, 1.165) is 12.0 Å². The Balaban J connectivity index is 1.43. The van der Waals surface area contributed by atoms with E-state index in [1.807, 2.05) is 30.3 Å². The summed E-state index contributed by atoms with van der Waals surface area (Å²) >= 11 is 0. The Hall–Kier alpha value is -3.08. The Morgan fingerprint density at radius 3 is 2.15 bits per heavy atom. The summed E-state index contributed by atoms with van der Waals surface area (Å²) in [4.78, 5) is 37.2. The standard InChI is InChI=1S/C21H18N2O3/c1-12(18-19(24)14-9-5-6-10-15(14)20(18)25)22-23-21(26)17-11-16(17)13-7-3-2-4-8-13/h2-10,16-18H,11H2,1H3,(H,23,26)/t16-,17-/m0/s1. The molecule has 0 heterocycles. The minimum Gasteiger partial charge on any atom is -0.293 e. The van der Waals surface area contributed by atoms with Gasteiger partial charge in [-0.2, -0.15) is 5.10 Å². The molecule has 0 radical (unpaired) electrons. The van der Waals surface area contributed by atoms with Gasteiger partial charge in [-0.1, -0.05) is 54.6 Å². The third kappa shape index (κ3) is 2.75. The molecule has 2 aromatic rings. The molecule has 0 bridgehead atoms. The molecule has 2 aromatic carbocycles.